The van der Waals surface area contributed by atoms with Crippen molar-refractivity contribution in [2.45, 2.75) is 51.1 Å². The van der Waals surface area contributed by atoms with Crippen LogP contribution in [0.4, 0.5) is 0 Å². The second kappa shape index (κ2) is 6.20. The molecule has 3 heterocycles. The molecule has 1 atom stereocenters. The number of hydrogen-bond acceptors (Lipinski definition) is 5. The number of amides is 1. The fraction of sp³-hybridized carbons (Fsp3) is 0.550. The number of hydrogen-bond donors (Lipinski definition) is 0. The Bertz CT molecular complexity index is 840. The molecule has 2 saturated heterocycles. The molecule has 3 aliphatic rings. The van der Waals surface area contributed by atoms with E-state index in [9.17, 15) is 4.79 Å². The van der Waals surface area contributed by atoms with Gasteiger partial charge in [0.25, 0.3) is 0 Å². The smallest absolute Gasteiger partial charge is 0.232 e. The molecule has 0 N–H and O–H groups in total. The standard InChI is InChI=1S/C20H24N4O2/c1-13-21-20(26-22-13)16-8-19(25)24(10-16)17-11-23(12-17)9-15-6-2-4-14-5-3-7-18(14)15/h2,4,6,16-17H,3,5,7-12H2,1H3. The zero-order chi connectivity index (χ0) is 17.7. The van der Waals surface area contributed by atoms with Crippen molar-refractivity contribution in [2.24, 2.45) is 0 Å². The Morgan fingerprint density at radius 1 is 1.23 bits per heavy atom. The summed E-state index contributed by atoms with van der Waals surface area (Å²) in [4.78, 5) is 21.2. The molecule has 0 radical (unpaired) electrons. The van der Waals surface area contributed by atoms with Crippen molar-refractivity contribution >= 4 is 5.91 Å². The predicted molar refractivity (Wildman–Crippen MR) is 95.6 cm³/mol. The first-order chi connectivity index (χ1) is 12.7. The summed E-state index contributed by atoms with van der Waals surface area (Å²) >= 11 is 0. The number of rotatable bonds is 4. The molecule has 1 amide bonds. The van der Waals surface area contributed by atoms with E-state index in [1.807, 2.05) is 11.8 Å². The molecule has 26 heavy (non-hydrogen) atoms. The van der Waals surface area contributed by atoms with Gasteiger partial charge in [-0.05, 0) is 42.9 Å². The molecule has 2 aromatic rings. The highest BCUT2D eigenvalue weighted by molar-refractivity contribution is 5.80. The monoisotopic (exact) mass is 352 g/mol. The van der Waals surface area contributed by atoms with Gasteiger partial charge in [0.05, 0.1) is 12.0 Å². The van der Waals surface area contributed by atoms with Gasteiger partial charge in [-0.25, -0.2) is 0 Å². The Hall–Kier alpha value is -2.21. The Morgan fingerprint density at radius 2 is 2.12 bits per heavy atom. The van der Waals surface area contributed by atoms with Gasteiger partial charge in [0, 0.05) is 32.6 Å². The molecule has 5 rings (SSSR count). The lowest BCUT2D eigenvalue weighted by molar-refractivity contribution is -0.133. The summed E-state index contributed by atoms with van der Waals surface area (Å²) in [7, 11) is 0. The van der Waals surface area contributed by atoms with Crippen LogP contribution in [0.5, 0.6) is 0 Å². The number of carbonyl (C=O) groups excluding carboxylic acids is 1. The Balaban J connectivity index is 1.20. The summed E-state index contributed by atoms with van der Waals surface area (Å²) in [6.45, 7) is 5.45. The van der Waals surface area contributed by atoms with Crippen LogP contribution >= 0.6 is 0 Å². The minimum absolute atomic E-state index is 0.0511. The molecule has 0 spiro atoms. The molecule has 6 nitrogen and oxygen atoms in total. The second-order valence-electron chi connectivity index (χ2n) is 7.88. The third kappa shape index (κ3) is 2.72. The zero-order valence-corrected chi connectivity index (χ0v) is 15.1. The number of aryl methyl sites for hydroxylation is 2. The quantitative estimate of drug-likeness (QED) is 0.843. The molecule has 136 valence electrons. The predicted octanol–water partition coefficient (Wildman–Crippen LogP) is 2.07. The van der Waals surface area contributed by atoms with Gasteiger partial charge in [-0.15, -0.1) is 0 Å². The van der Waals surface area contributed by atoms with Gasteiger partial charge >= 0.3 is 0 Å². The van der Waals surface area contributed by atoms with Crippen molar-refractivity contribution in [3.63, 3.8) is 0 Å². The molecule has 0 saturated carbocycles. The van der Waals surface area contributed by atoms with Crippen molar-refractivity contribution in [3.05, 3.63) is 46.6 Å². The second-order valence-corrected chi connectivity index (χ2v) is 7.88. The summed E-state index contributed by atoms with van der Waals surface area (Å²) in [5, 5.41) is 3.85. The van der Waals surface area contributed by atoms with Crippen molar-refractivity contribution < 1.29 is 9.32 Å². The number of fused-ring (bicyclic) bond motifs is 1. The van der Waals surface area contributed by atoms with E-state index in [2.05, 4.69) is 33.2 Å². The highest BCUT2D eigenvalue weighted by atomic mass is 16.5. The summed E-state index contributed by atoms with van der Waals surface area (Å²) in [5.74, 6) is 1.51. The summed E-state index contributed by atoms with van der Waals surface area (Å²) in [6.07, 6.45) is 4.22. The number of carbonyl (C=O) groups is 1. The Kier molecular flexibility index (Phi) is 3.81. The minimum Gasteiger partial charge on any atom is -0.339 e. The SMILES string of the molecule is Cc1noc(C2CC(=O)N(C3CN(Cc4cccc5c4CCC5)C3)C2)n1. The third-order valence-corrected chi connectivity index (χ3v) is 6.07. The van der Waals surface area contributed by atoms with E-state index in [4.69, 9.17) is 4.52 Å². The van der Waals surface area contributed by atoms with E-state index in [0.717, 1.165) is 19.6 Å². The van der Waals surface area contributed by atoms with Crippen molar-refractivity contribution in [3.8, 4) is 0 Å². The highest BCUT2D eigenvalue weighted by Gasteiger charge is 2.42. The first-order valence-electron chi connectivity index (χ1n) is 9.59. The summed E-state index contributed by atoms with van der Waals surface area (Å²) in [5.41, 5.74) is 4.58. The number of nitrogens with zero attached hydrogens (tertiary/aromatic N) is 4. The molecule has 1 unspecified atom stereocenters. The van der Waals surface area contributed by atoms with Crippen LogP contribution in [0, 0.1) is 6.92 Å². The molecule has 2 aliphatic heterocycles. The average molecular weight is 352 g/mol. The lowest BCUT2D eigenvalue weighted by Gasteiger charge is -2.44. The van der Waals surface area contributed by atoms with Crippen LogP contribution in [0.15, 0.2) is 22.7 Å². The molecule has 1 aromatic heterocycles. The van der Waals surface area contributed by atoms with Gasteiger partial charge < -0.3 is 9.42 Å². The lowest BCUT2D eigenvalue weighted by Crippen LogP contribution is -2.59. The Morgan fingerprint density at radius 3 is 2.92 bits per heavy atom. The maximum Gasteiger partial charge on any atom is 0.232 e. The lowest BCUT2D eigenvalue weighted by atomic mass is 10.00. The Labute approximate surface area is 153 Å². The van der Waals surface area contributed by atoms with Gasteiger partial charge in [0.2, 0.25) is 11.8 Å². The van der Waals surface area contributed by atoms with Crippen molar-refractivity contribution in [2.75, 3.05) is 19.6 Å². The largest absolute Gasteiger partial charge is 0.339 e. The highest BCUT2D eigenvalue weighted by Crippen LogP contribution is 2.32. The molecule has 1 aromatic carbocycles. The fourth-order valence-electron chi connectivity index (χ4n) is 4.69. The molecular formula is C20H24N4O2. The van der Waals surface area contributed by atoms with E-state index in [1.54, 1.807) is 5.56 Å². The molecule has 6 heteroatoms. The van der Waals surface area contributed by atoms with Gasteiger partial charge in [-0.1, -0.05) is 23.4 Å². The van der Waals surface area contributed by atoms with Gasteiger partial charge in [0.15, 0.2) is 5.82 Å². The molecule has 1 aliphatic carbocycles. The molecule has 2 fully saturated rings. The average Bonchev–Trinajstić information content (AvgIpc) is 3.30. The van der Waals surface area contributed by atoms with Crippen molar-refractivity contribution in [1.29, 1.82) is 0 Å². The first kappa shape index (κ1) is 16.0. The zero-order valence-electron chi connectivity index (χ0n) is 15.1. The van der Waals surface area contributed by atoms with E-state index in [-0.39, 0.29) is 11.8 Å². The summed E-state index contributed by atoms with van der Waals surface area (Å²) in [6, 6.07) is 7.06. The normalized spacial score (nSPS) is 23.5. The van der Waals surface area contributed by atoms with Gasteiger partial charge in [-0.3, -0.25) is 9.69 Å². The van der Waals surface area contributed by atoms with Gasteiger partial charge in [0.1, 0.15) is 0 Å². The first-order valence-corrected chi connectivity index (χ1v) is 9.59. The van der Waals surface area contributed by atoms with Crippen LogP contribution in [0.25, 0.3) is 0 Å². The van der Waals surface area contributed by atoms with Crippen LogP contribution in [0.2, 0.25) is 0 Å². The van der Waals surface area contributed by atoms with Crippen LogP contribution in [0.3, 0.4) is 0 Å². The van der Waals surface area contributed by atoms with Crippen LogP contribution in [0.1, 0.15) is 47.2 Å². The topological polar surface area (TPSA) is 62.5 Å². The third-order valence-electron chi connectivity index (χ3n) is 6.07. The maximum atomic E-state index is 12.4. The van der Waals surface area contributed by atoms with E-state index in [0.29, 0.717) is 30.7 Å². The number of aromatic nitrogens is 2. The van der Waals surface area contributed by atoms with Crippen molar-refractivity contribution in [1.82, 2.24) is 19.9 Å². The number of likely N-dealkylation sites (tertiary alicyclic amines) is 2. The minimum atomic E-state index is 0.0511. The van der Waals surface area contributed by atoms with Crippen LogP contribution in [-0.4, -0.2) is 51.5 Å². The summed E-state index contributed by atoms with van der Waals surface area (Å²) < 4.78 is 5.27. The molecular weight excluding hydrogens is 328 g/mol. The number of benzene rings is 1. The maximum absolute atomic E-state index is 12.4. The fourth-order valence-corrected chi connectivity index (χ4v) is 4.69. The van der Waals surface area contributed by atoms with E-state index >= 15 is 0 Å². The van der Waals surface area contributed by atoms with E-state index < -0.39 is 0 Å². The van der Waals surface area contributed by atoms with Crippen LogP contribution < -0.4 is 0 Å². The van der Waals surface area contributed by atoms with E-state index in [1.165, 1.54) is 30.4 Å². The van der Waals surface area contributed by atoms with Gasteiger partial charge in [-0.2, -0.15) is 4.98 Å². The molecule has 0 bridgehead atoms. The van der Waals surface area contributed by atoms with Crippen LogP contribution in [-0.2, 0) is 24.2 Å².